The maximum atomic E-state index is 5.54. The van der Waals surface area contributed by atoms with E-state index in [-0.39, 0.29) is 0 Å². The Morgan fingerprint density at radius 1 is 1.27 bits per heavy atom. The van der Waals surface area contributed by atoms with Crippen molar-refractivity contribution in [2.24, 2.45) is 4.99 Å². The van der Waals surface area contributed by atoms with Crippen molar-refractivity contribution < 1.29 is 4.74 Å². The summed E-state index contributed by atoms with van der Waals surface area (Å²) in [7, 11) is 1.85. The Hall–Kier alpha value is -1.24. The summed E-state index contributed by atoms with van der Waals surface area (Å²) in [5.41, 5.74) is 1.34. The number of guanidine groups is 1. The molecule has 2 aliphatic heterocycles. The van der Waals surface area contributed by atoms with Crippen molar-refractivity contribution in [1.82, 2.24) is 15.5 Å². The van der Waals surface area contributed by atoms with E-state index in [4.69, 9.17) is 4.74 Å². The molecule has 2 fully saturated rings. The van der Waals surface area contributed by atoms with Crippen molar-refractivity contribution in [3.63, 3.8) is 0 Å². The zero-order valence-electron chi connectivity index (χ0n) is 16.0. The van der Waals surface area contributed by atoms with Gasteiger partial charge in [-0.1, -0.05) is 30.3 Å². The summed E-state index contributed by atoms with van der Waals surface area (Å²) >= 11 is 2.07. The van der Waals surface area contributed by atoms with Gasteiger partial charge in [-0.05, 0) is 31.1 Å². The summed E-state index contributed by atoms with van der Waals surface area (Å²) in [6.07, 6.45) is 2.60. The van der Waals surface area contributed by atoms with E-state index in [1.165, 1.54) is 24.2 Å². The molecular weight excluding hydrogens is 344 g/mol. The molecule has 2 aliphatic rings. The van der Waals surface area contributed by atoms with Crippen LogP contribution in [0.1, 0.15) is 31.4 Å². The van der Waals surface area contributed by atoms with Crippen LogP contribution in [0, 0.1) is 0 Å². The summed E-state index contributed by atoms with van der Waals surface area (Å²) in [4.78, 5) is 6.94. The quantitative estimate of drug-likeness (QED) is 0.590. The summed E-state index contributed by atoms with van der Waals surface area (Å²) in [5.74, 6) is 2.17. The van der Waals surface area contributed by atoms with Crippen molar-refractivity contribution in [3.05, 3.63) is 35.9 Å². The van der Waals surface area contributed by atoms with Crippen LogP contribution < -0.4 is 10.6 Å². The van der Waals surface area contributed by atoms with Gasteiger partial charge in [0.15, 0.2) is 5.96 Å². The Balaban J connectivity index is 1.58. The van der Waals surface area contributed by atoms with Gasteiger partial charge in [-0.2, -0.15) is 11.8 Å². The van der Waals surface area contributed by atoms with Crippen LogP contribution in [0.25, 0.3) is 0 Å². The van der Waals surface area contributed by atoms with Gasteiger partial charge in [-0.3, -0.25) is 9.89 Å². The Bertz CT molecular complexity index is 568. The van der Waals surface area contributed by atoms with Crippen molar-refractivity contribution >= 4 is 17.7 Å². The van der Waals surface area contributed by atoms with Crippen molar-refractivity contribution in [2.75, 3.05) is 52.2 Å². The van der Waals surface area contributed by atoms with Crippen LogP contribution in [-0.2, 0) is 4.74 Å². The van der Waals surface area contributed by atoms with E-state index in [0.29, 0.717) is 10.8 Å². The molecule has 2 unspecified atom stereocenters. The summed E-state index contributed by atoms with van der Waals surface area (Å²) < 4.78 is 5.87. The van der Waals surface area contributed by atoms with Gasteiger partial charge >= 0.3 is 0 Å². The number of thioether (sulfide) groups is 1. The summed E-state index contributed by atoms with van der Waals surface area (Å²) in [6.45, 7) is 7.73. The van der Waals surface area contributed by atoms with E-state index in [1.807, 2.05) is 7.05 Å². The highest BCUT2D eigenvalue weighted by molar-refractivity contribution is 8.00. The first-order valence-electron chi connectivity index (χ1n) is 9.65. The number of nitrogens with one attached hydrogen (secondary N) is 2. The maximum Gasteiger partial charge on any atom is 0.191 e. The molecule has 0 aliphatic carbocycles. The Labute approximate surface area is 162 Å². The summed E-state index contributed by atoms with van der Waals surface area (Å²) in [5, 5.41) is 7.09. The van der Waals surface area contributed by atoms with Crippen LogP contribution in [0.15, 0.2) is 35.3 Å². The molecule has 2 saturated heterocycles. The van der Waals surface area contributed by atoms with Crippen LogP contribution in [-0.4, -0.2) is 67.8 Å². The number of benzene rings is 1. The standard InChI is InChI=1S/C20H32N4OS/c1-20(9-6-14-26-20)16-23-19(21-2)22-15-18(17-7-4-3-5-8-17)24-10-12-25-13-11-24/h3-5,7-8,18H,6,9-16H2,1-2H3,(H2,21,22,23). The number of hydrogen-bond donors (Lipinski definition) is 2. The number of nitrogens with zero attached hydrogens (tertiary/aromatic N) is 2. The van der Waals surface area contributed by atoms with E-state index in [2.05, 4.69) is 69.5 Å². The number of hydrogen-bond acceptors (Lipinski definition) is 4. The van der Waals surface area contributed by atoms with Crippen molar-refractivity contribution in [1.29, 1.82) is 0 Å². The maximum absolute atomic E-state index is 5.54. The Kier molecular flexibility index (Phi) is 7.23. The minimum Gasteiger partial charge on any atom is -0.379 e. The van der Waals surface area contributed by atoms with E-state index in [0.717, 1.165) is 45.4 Å². The van der Waals surface area contributed by atoms with Gasteiger partial charge in [0.05, 0.1) is 19.3 Å². The average molecular weight is 377 g/mol. The van der Waals surface area contributed by atoms with Crippen LogP contribution in [0.3, 0.4) is 0 Å². The second kappa shape index (κ2) is 9.62. The molecule has 2 N–H and O–H groups in total. The third-order valence-corrected chi connectivity index (χ3v) is 6.83. The molecule has 0 saturated carbocycles. The monoisotopic (exact) mass is 376 g/mol. The van der Waals surface area contributed by atoms with Gasteiger partial charge in [0.2, 0.25) is 0 Å². The summed E-state index contributed by atoms with van der Waals surface area (Å²) in [6, 6.07) is 11.1. The molecule has 6 heteroatoms. The average Bonchev–Trinajstić information content (AvgIpc) is 3.13. The lowest BCUT2D eigenvalue weighted by Gasteiger charge is -2.35. The molecule has 2 atom stereocenters. The topological polar surface area (TPSA) is 48.9 Å². The fraction of sp³-hybridized carbons (Fsp3) is 0.650. The van der Waals surface area contributed by atoms with E-state index < -0.39 is 0 Å². The Morgan fingerprint density at radius 3 is 2.69 bits per heavy atom. The smallest absolute Gasteiger partial charge is 0.191 e. The molecule has 1 aromatic rings. The lowest BCUT2D eigenvalue weighted by atomic mass is 10.0. The number of aliphatic imine (C=N–C) groups is 1. The van der Waals surface area contributed by atoms with Crippen LogP contribution in [0.5, 0.6) is 0 Å². The zero-order chi connectivity index (χ0) is 18.2. The van der Waals surface area contributed by atoms with Crippen molar-refractivity contribution in [2.45, 2.75) is 30.6 Å². The molecular formula is C20H32N4OS. The van der Waals surface area contributed by atoms with Gasteiger partial charge in [0, 0.05) is 38.0 Å². The largest absolute Gasteiger partial charge is 0.379 e. The molecule has 3 rings (SSSR count). The van der Waals surface area contributed by atoms with Gasteiger partial charge in [-0.15, -0.1) is 0 Å². The second-order valence-corrected chi connectivity index (χ2v) is 8.97. The highest BCUT2D eigenvalue weighted by Gasteiger charge is 2.29. The first-order chi connectivity index (χ1) is 12.7. The Morgan fingerprint density at radius 2 is 2.04 bits per heavy atom. The molecule has 0 spiro atoms. The predicted molar refractivity (Wildman–Crippen MR) is 111 cm³/mol. The molecule has 0 aromatic heterocycles. The van der Waals surface area contributed by atoms with E-state index in [9.17, 15) is 0 Å². The van der Waals surface area contributed by atoms with Crippen LogP contribution in [0.2, 0.25) is 0 Å². The molecule has 0 amide bonds. The molecule has 5 nitrogen and oxygen atoms in total. The number of rotatable bonds is 6. The molecule has 1 aromatic carbocycles. The SMILES string of the molecule is CN=C(NCC(c1ccccc1)N1CCOCC1)NCC1(C)CCCS1. The fourth-order valence-corrected chi connectivity index (χ4v) is 4.93. The normalized spacial score (nSPS) is 25.8. The van der Waals surface area contributed by atoms with E-state index >= 15 is 0 Å². The van der Waals surface area contributed by atoms with Crippen molar-refractivity contribution in [3.8, 4) is 0 Å². The molecule has 144 valence electrons. The third-order valence-electron chi connectivity index (χ3n) is 5.29. The van der Waals surface area contributed by atoms with Gasteiger partial charge in [-0.25, -0.2) is 0 Å². The number of ether oxygens (including phenoxy) is 1. The highest BCUT2D eigenvalue weighted by Crippen LogP contribution is 2.36. The van der Waals surface area contributed by atoms with Crippen LogP contribution in [0.4, 0.5) is 0 Å². The van der Waals surface area contributed by atoms with Gasteiger partial charge < -0.3 is 15.4 Å². The van der Waals surface area contributed by atoms with Crippen LogP contribution >= 0.6 is 11.8 Å². The van der Waals surface area contributed by atoms with E-state index in [1.54, 1.807) is 0 Å². The first kappa shape index (κ1) is 19.5. The highest BCUT2D eigenvalue weighted by atomic mass is 32.2. The van der Waals surface area contributed by atoms with Gasteiger partial charge in [0.1, 0.15) is 0 Å². The zero-order valence-corrected chi connectivity index (χ0v) is 16.9. The predicted octanol–water partition coefficient (Wildman–Crippen LogP) is 2.51. The fourth-order valence-electron chi connectivity index (χ4n) is 3.68. The first-order valence-corrected chi connectivity index (χ1v) is 10.6. The molecule has 0 radical (unpaired) electrons. The molecule has 0 bridgehead atoms. The third kappa shape index (κ3) is 5.38. The minimum atomic E-state index is 0.329. The minimum absolute atomic E-state index is 0.329. The lowest BCUT2D eigenvalue weighted by molar-refractivity contribution is 0.0170. The molecule has 2 heterocycles. The molecule has 26 heavy (non-hydrogen) atoms. The van der Waals surface area contributed by atoms with Gasteiger partial charge in [0.25, 0.3) is 0 Å². The second-order valence-electron chi connectivity index (χ2n) is 7.28. The number of morpholine rings is 1. The lowest BCUT2D eigenvalue weighted by Crippen LogP contribution is -2.48.